The Bertz CT molecular complexity index is 420. The Morgan fingerprint density at radius 1 is 1.43 bits per heavy atom. The van der Waals surface area contributed by atoms with Gasteiger partial charge in [-0.25, -0.2) is 0 Å². The molecule has 0 fully saturated rings. The van der Waals surface area contributed by atoms with Gasteiger partial charge in [0, 0.05) is 23.1 Å². The Labute approximate surface area is 82.9 Å². The topological polar surface area (TPSA) is 51.0 Å². The van der Waals surface area contributed by atoms with Crippen molar-refractivity contribution in [3.8, 4) is 5.75 Å². The van der Waals surface area contributed by atoms with Crippen LogP contribution in [0.25, 0.3) is 10.9 Å². The van der Waals surface area contributed by atoms with E-state index in [2.05, 4.69) is 4.98 Å². The summed E-state index contributed by atoms with van der Waals surface area (Å²) in [5.41, 5.74) is 6.71. The van der Waals surface area contributed by atoms with E-state index in [9.17, 15) is 0 Å². The van der Waals surface area contributed by atoms with Gasteiger partial charge in [-0.05, 0) is 19.1 Å². The summed E-state index contributed by atoms with van der Waals surface area (Å²) in [4.78, 5) is 3.15. The first-order valence-corrected chi connectivity index (χ1v) is 4.72. The molecule has 3 N–H and O–H groups in total. The molecule has 1 aromatic carbocycles. The summed E-state index contributed by atoms with van der Waals surface area (Å²) in [6.07, 6.45) is 1.87. The van der Waals surface area contributed by atoms with E-state index in [0.717, 1.165) is 16.7 Å². The molecule has 0 aliphatic heterocycles. The van der Waals surface area contributed by atoms with E-state index in [-0.39, 0.29) is 6.04 Å². The predicted molar refractivity (Wildman–Crippen MR) is 57.4 cm³/mol. The maximum atomic E-state index is 5.62. The van der Waals surface area contributed by atoms with Gasteiger partial charge in [0.05, 0.1) is 0 Å². The lowest BCUT2D eigenvalue weighted by atomic mass is 10.2. The van der Waals surface area contributed by atoms with Crippen molar-refractivity contribution in [3.05, 3.63) is 30.5 Å². The van der Waals surface area contributed by atoms with Crippen LogP contribution in [0.4, 0.5) is 0 Å². The molecule has 3 nitrogen and oxygen atoms in total. The molecule has 0 spiro atoms. The molecule has 74 valence electrons. The van der Waals surface area contributed by atoms with E-state index >= 15 is 0 Å². The highest BCUT2D eigenvalue weighted by Crippen LogP contribution is 2.24. The molecule has 1 aromatic heterocycles. The van der Waals surface area contributed by atoms with Crippen LogP contribution in [0.2, 0.25) is 0 Å². The Morgan fingerprint density at radius 2 is 2.21 bits per heavy atom. The van der Waals surface area contributed by atoms with Gasteiger partial charge in [-0.1, -0.05) is 12.1 Å². The molecule has 1 atom stereocenters. The van der Waals surface area contributed by atoms with Crippen LogP contribution in [0.3, 0.4) is 0 Å². The third-order valence-electron chi connectivity index (χ3n) is 2.05. The number of hydrogen-bond acceptors (Lipinski definition) is 2. The number of rotatable bonds is 3. The zero-order valence-electron chi connectivity index (χ0n) is 8.16. The summed E-state index contributed by atoms with van der Waals surface area (Å²) in [5.74, 6) is 0.873. The van der Waals surface area contributed by atoms with Crippen molar-refractivity contribution in [2.75, 3.05) is 6.61 Å². The van der Waals surface area contributed by atoms with Crippen LogP contribution in [0.5, 0.6) is 5.75 Å². The van der Waals surface area contributed by atoms with Crippen molar-refractivity contribution in [2.24, 2.45) is 5.73 Å². The van der Waals surface area contributed by atoms with Gasteiger partial charge >= 0.3 is 0 Å². The van der Waals surface area contributed by atoms with E-state index in [0.29, 0.717) is 6.61 Å². The normalized spacial score (nSPS) is 13.0. The number of aromatic amines is 1. The van der Waals surface area contributed by atoms with Gasteiger partial charge in [-0.15, -0.1) is 0 Å². The lowest BCUT2D eigenvalue weighted by molar-refractivity contribution is 0.299. The Morgan fingerprint density at radius 3 is 3.00 bits per heavy atom. The Balaban J connectivity index is 2.25. The number of para-hydroxylation sites is 1. The third-order valence-corrected chi connectivity index (χ3v) is 2.05. The molecule has 0 aliphatic rings. The molecule has 0 saturated heterocycles. The van der Waals surface area contributed by atoms with Gasteiger partial charge in [0.25, 0.3) is 0 Å². The van der Waals surface area contributed by atoms with E-state index in [1.165, 1.54) is 0 Å². The van der Waals surface area contributed by atoms with Crippen LogP contribution >= 0.6 is 0 Å². The first kappa shape index (κ1) is 9.09. The molecule has 3 heteroatoms. The van der Waals surface area contributed by atoms with Crippen molar-refractivity contribution in [2.45, 2.75) is 13.0 Å². The summed E-state index contributed by atoms with van der Waals surface area (Å²) in [6.45, 7) is 2.47. The van der Waals surface area contributed by atoms with Crippen LogP contribution < -0.4 is 10.5 Å². The summed E-state index contributed by atoms with van der Waals surface area (Å²) < 4.78 is 5.56. The first-order chi connectivity index (χ1) is 6.77. The number of benzene rings is 1. The summed E-state index contributed by atoms with van der Waals surface area (Å²) in [5, 5.41) is 1.10. The number of nitrogens with one attached hydrogen (secondary N) is 1. The first-order valence-electron chi connectivity index (χ1n) is 4.72. The highest BCUT2D eigenvalue weighted by atomic mass is 16.5. The molecule has 2 rings (SSSR count). The van der Waals surface area contributed by atoms with Gasteiger partial charge in [0.2, 0.25) is 0 Å². The van der Waals surface area contributed by atoms with Crippen LogP contribution in [0.15, 0.2) is 30.5 Å². The molecule has 14 heavy (non-hydrogen) atoms. The third kappa shape index (κ3) is 1.72. The van der Waals surface area contributed by atoms with E-state index in [4.69, 9.17) is 10.5 Å². The fourth-order valence-electron chi connectivity index (χ4n) is 1.39. The van der Waals surface area contributed by atoms with Crippen molar-refractivity contribution >= 4 is 10.9 Å². The van der Waals surface area contributed by atoms with Gasteiger partial charge in [0.15, 0.2) is 0 Å². The second kappa shape index (κ2) is 3.72. The number of ether oxygens (including phenoxy) is 1. The molecule has 0 amide bonds. The van der Waals surface area contributed by atoms with Crippen molar-refractivity contribution in [3.63, 3.8) is 0 Å². The second-order valence-corrected chi connectivity index (χ2v) is 3.49. The highest BCUT2D eigenvalue weighted by molar-refractivity contribution is 5.85. The lowest BCUT2D eigenvalue weighted by Crippen LogP contribution is -2.23. The predicted octanol–water partition coefficient (Wildman–Crippen LogP) is 1.89. The van der Waals surface area contributed by atoms with Crippen LogP contribution in [0, 0.1) is 0 Å². The van der Waals surface area contributed by atoms with Crippen LogP contribution in [0.1, 0.15) is 6.92 Å². The zero-order valence-corrected chi connectivity index (χ0v) is 8.16. The SMILES string of the molecule is CC(N)COc1c[nH]c2ccccc12. The average molecular weight is 190 g/mol. The summed E-state index contributed by atoms with van der Waals surface area (Å²) in [6, 6.07) is 8.10. The summed E-state index contributed by atoms with van der Waals surface area (Å²) in [7, 11) is 0. The number of H-pyrrole nitrogens is 1. The maximum absolute atomic E-state index is 5.62. The monoisotopic (exact) mass is 190 g/mol. The molecule has 1 unspecified atom stereocenters. The minimum atomic E-state index is 0.0589. The number of aromatic nitrogens is 1. The minimum Gasteiger partial charge on any atom is -0.490 e. The van der Waals surface area contributed by atoms with Gasteiger partial charge in [-0.3, -0.25) is 0 Å². The molecule has 1 heterocycles. The van der Waals surface area contributed by atoms with Crippen molar-refractivity contribution in [1.82, 2.24) is 4.98 Å². The molecule has 2 aromatic rings. The Hall–Kier alpha value is -1.48. The number of fused-ring (bicyclic) bond motifs is 1. The number of hydrogen-bond donors (Lipinski definition) is 2. The molecule has 0 radical (unpaired) electrons. The fraction of sp³-hybridized carbons (Fsp3) is 0.273. The maximum Gasteiger partial charge on any atom is 0.144 e. The summed E-state index contributed by atoms with van der Waals surface area (Å²) >= 11 is 0. The molecule has 0 aliphatic carbocycles. The van der Waals surface area contributed by atoms with Crippen molar-refractivity contribution in [1.29, 1.82) is 0 Å². The fourth-order valence-corrected chi connectivity index (χ4v) is 1.39. The molecule has 0 bridgehead atoms. The lowest BCUT2D eigenvalue weighted by Gasteiger charge is -2.06. The van der Waals surface area contributed by atoms with E-state index in [1.807, 2.05) is 37.4 Å². The van der Waals surface area contributed by atoms with Crippen LogP contribution in [-0.4, -0.2) is 17.6 Å². The highest BCUT2D eigenvalue weighted by Gasteiger charge is 2.03. The Kier molecular flexibility index (Phi) is 2.41. The average Bonchev–Trinajstić information content (AvgIpc) is 2.58. The second-order valence-electron chi connectivity index (χ2n) is 3.49. The van der Waals surface area contributed by atoms with Crippen molar-refractivity contribution < 1.29 is 4.74 Å². The quantitative estimate of drug-likeness (QED) is 0.776. The smallest absolute Gasteiger partial charge is 0.144 e. The van der Waals surface area contributed by atoms with E-state index < -0.39 is 0 Å². The van der Waals surface area contributed by atoms with Gasteiger partial charge in [0.1, 0.15) is 12.4 Å². The van der Waals surface area contributed by atoms with Gasteiger partial charge in [-0.2, -0.15) is 0 Å². The van der Waals surface area contributed by atoms with Gasteiger partial charge < -0.3 is 15.5 Å². The largest absolute Gasteiger partial charge is 0.490 e. The molecular weight excluding hydrogens is 176 g/mol. The number of nitrogens with two attached hydrogens (primary N) is 1. The zero-order chi connectivity index (χ0) is 9.97. The standard InChI is InChI=1S/C11H14N2O/c1-8(12)7-14-11-6-13-10-5-3-2-4-9(10)11/h2-6,8,13H,7,12H2,1H3. The minimum absolute atomic E-state index is 0.0589. The van der Waals surface area contributed by atoms with Crippen LogP contribution in [-0.2, 0) is 0 Å². The molecular formula is C11H14N2O. The molecule has 0 saturated carbocycles. The van der Waals surface area contributed by atoms with E-state index in [1.54, 1.807) is 0 Å².